The molecule has 1 N–H and O–H groups in total. The second-order valence-corrected chi connectivity index (χ2v) is 5.42. The fourth-order valence-electron chi connectivity index (χ4n) is 2.53. The summed E-state index contributed by atoms with van der Waals surface area (Å²) in [5.74, 6) is -0.947. The van der Waals surface area contributed by atoms with Gasteiger partial charge in [0, 0.05) is 18.3 Å². The molecule has 0 saturated carbocycles. The lowest BCUT2D eigenvalue weighted by Crippen LogP contribution is -2.18. The van der Waals surface area contributed by atoms with Crippen LogP contribution in [0, 0.1) is 13.8 Å². The van der Waals surface area contributed by atoms with E-state index in [4.69, 9.17) is 5.11 Å². The molecule has 7 heteroatoms. The molecule has 0 aliphatic carbocycles. The second-order valence-electron chi connectivity index (χ2n) is 5.42. The van der Waals surface area contributed by atoms with Crippen LogP contribution < -0.4 is 5.01 Å². The number of aromatic carboxylic acids is 1. The van der Waals surface area contributed by atoms with Crippen molar-refractivity contribution in [2.45, 2.75) is 19.9 Å². The van der Waals surface area contributed by atoms with Crippen molar-refractivity contribution in [1.29, 1.82) is 0 Å². The molecule has 1 aromatic carbocycles. The van der Waals surface area contributed by atoms with E-state index in [9.17, 15) is 4.79 Å². The van der Waals surface area contributed by atoms with E-state index in [1.165, 1.54) is 0 Å². The van der Waals surface area contributed by atoms with Crippen LogP contribution in [0.1, 0.15) is 33.2 Å². The quantitative estimate of drug-likeness (QED) is 0.944. The second kappa shape index (κ2) is 5.25. The number of carbonyl (C=O) groups is 1. The van der Waals surface area contributed by atoms with Crippen molar-refractivity contribution in [2.75, 3.05) is 11.6 Å². The van der Waals surface area contributed by atoms with Crippen molar-refractivity contribution >= 4 is 11.7 Å². The molecule has 2 aromatic rings. The van der Waals surface area contributed by atoms with E-state index in [-0.39, 0.29) is 11.6 Å². The third-order valence-corrected chi connectivity index (χ3v) is 4.01. The minimum Gasteiger partial charge on any atom is -0.478 e. The molecule has 0 spiro atoms. The van der Waals surface area contributed by atoms with Crippen LogP contribution in [0.3, 0.4) is 0 Å². The molecule has 0 fully saturated rings. The third kappa shape index (κ3) is 2.34. The number of carboxylic acids is 1. The Hall–Kier alpha value is -2.70. The van der Waals surface area contributed by atoms with Gasteiger partial charge in [0.1, 0.15) is 6.04 Å². The number of carboxylic acid groups (broad SMARTS) is 1. The summed E-state index contributed by atoms with van der Waals surface area (Å²) in [6.07, 6.45) is 1.81. The van der Waals surface area contributed by atoms with Crippen LogP contribution in [0.4, 0.5) is 5.69 Å². The van der Waals surface area contributed by atoms with Crippen molar-refractivity contribution in [1.82, 2.24) is 9.78 Å². The highest BCUT2D eigenvalue weighted by atomic mass is 16.4. The number of hydrogen-bond donors (Lipinski definition) is 1. The number of rotatable bonds is 3. The molecular formula is C15H17N5O2. The van der Waals surface area contributed by atoms with Crippen molar-refractivity contribution in [3.8, 4) is 0 Å². The van der Waals surface area contributed by atoms with Crippen LogP contribution in [0.25, 0.3) is 0 Å². The summed E-state index contributed by atoms with van der Waals surface area (Å²) in [5, 5.41) is 23.6. The van der Waals surface area contributed by atoms with Gasteiger partial charge in [0.25, 0.3) is 0 Å². The smallest absolute Gasteiger partial charge is 0.335 e. The number of hydrogen-bond acceptors (Lipinski definition) is 5. The molecule has 1 unspecified atom stereocenters. The molecule has 114 valence electrons. The molecule has 7 nitrogen and oxygen atoms in total. The predicted molar refractivity (Wildman–Crippen MR) is 81.0 cm³/mol. The highest BCUT2D eigenvalue weighted by molar-refractivity contribution is 5.89. The third-order valence-electron chi connectivity index (χ3n) is 4.01. The van der Waals surface area contributed by atoms with Gasteiger partial charge in [-0.15, -0.1) is 0 Å². The van der Waals surface area contributed by atoms with Gasteiger partial charge in [0.15, 0.2) is 0 Å². The van der Waals surface area contributed by atoms with Gasteiger partial charge in [-0.1, -0.05) is 11.3 Å². The standard InChI is InChI=1S/C15H17N5O2/c1-9-4-5-11(15(21)22)6-14(9)20-8-13(17-18-20)12-7-16-19(3)10(12)2/h4-7,13H,8H2,1-3H3,(H,21,22). The van der Waals surface area contributed by atoms with E-state index >= 15 is 0 Å². The van der Waals surface area contributed by atoms with E-state index in [0.29, 0.717) is 6.54 Å². The van der Waals surface area contributed by atoms with Crippen LogP contribution in [-0.4, -0.2) is 27.4 Å². The summed E-state index contributed by atoms with van der Waals surface area (Å²) in [6.45, 7) is 4.51. The van der Waals surface area contributed by atoms with Crippen molar-refractivity contribution in [3.05, 3.63) is 46.8 Å². The predicted octanol–water partition coefficient (Wildman–Crippen LogP) is 2.66. The summed E-state index contributed by atoms with van der Waals surface area (Å²) in [5.41, 5.74) is 4.08. The molecule has 1 aliphatic heterocycles. The van der Waals surface area contributed by atoms with Crippen LogP contribution in [0.15, 0.2) is 34.7 Å². The Labute approximate surface area is 127 Å². The number of anilines is 1. The maximum absolute atomic E-state index is 11.1. The lowest BCUT2D eigenvalue weighted by atomic mass is 10.1. The van der Waals surface area contributed by atoms with E-state index in [1.54, 1.807) is 23.2 Å². The van der Waals surface area contributed by atoms with Gasteiger partial charge in [-0.25, -0.2) is 9.80 Å². The van der Waals surface area contributed by atoms with Crippen LogP contribution in [0.2, 0.25) is 0 Å². The Morgan fingerprint density at radius 3 is 2.77 bits per heavy atom. The highest BCUT2D eigenvalue weighted by Gasteiger charge is 2.26. The molecule has 0 amide bonds. The first-order valence-corrected chi connectivity index (χ1v) is 6.98. The number of benzene rings is 1. The molecule has 2 heterocycles. The van der Waals surface area contributed by atoms with E-state index < -0.39 is 5.97 Å². The molecular weight excluding hydrogens is 282 g/mol. The monoisotopic (exact) mass is 299 g/mol. The Kier molecular flexibility index (Phi) is 3.40. The molecule has 22 heavy (non-hydrogen) atoms. The summed E-state index contributed by atoms with van der Waals surface area (Å²) in [7, 11) is 1.89. The summed E-state index contributed by atoms with van der Waals surface area (Å²) in [4.78, 5) is 11.1. The maximum atomic E-state index is 11.1. The minimum absolute atomic E-state index is 0.0819. The molecule has 1 aliphatic rings. The Balaban J connectivity index is 1.87. The first-order chi connectivity index (χ1) is 10.5. The first kappa shape index (κ1) is 14.2. The summed E-state index contributed by atoms with van der Waals surface area (Å²) < 4.78 is 1.81. The number of aromatic nitrogens is 2. The summed E-state index contributed by atoms with van der Waals surface area (Å²) >= 11 is 0. The molecule has 0 radical (unpaired) electrons. The van der Waals surface area contributed by atoms with Gasteiger partial charge in [-0.2, -0.15) is 10.2 Å². The first-order valence-electron chi connectivity index (χ1n) is 6.98. The normalized spacial score (nSPS) is 17.2. The van der Waals surface area contributed by atoms with E-state index in [1.807, 2.05) is 31.8 Å². The van der Waals surface area contributed by atoms with Crippen molar-refractivity contribution in [3.63, 3.8) is 0 Å². The van der Waals surface area contributed by atoms with Crippen LogP contribution in [0.5, 0.6) is 0 Å². The van der Waals surface area contributed by atoms with E-state index in [0.717, 1.165) is 22.5 Å². The molecule has 3 rings (SSSR count). The van der Waals surface area contributed by atoms with Gasteiger partial charge < -0.3 is 5.11 Å². The average Bonchev–Trinajstić information content (AvgIpc) is 3.07. The zero-order chi connectivity index (χ0) is 15.9. The minimum atomic E-state index is -0.947. The zero-order valence-electron chi connectivity index (χ0n) is 12.7. The van der Waals surface area contributed by atoms with Crippen LogP contribution in [-0.2, 0) is 7.05 Å². The van der Waals surface area contributed by atoms with Crippen molar-refractivity contribution < 1.29 is 9.90 Å². The van der Waals surface area contributed by atoms with Gasteiger partial charge in [0.05, 0.1) is 24.0 Å². The van der Waals surface area contributed by atoms with Gasteiger partial charge in [-0.05, 0) is 31.5 Å². The highest BCUT2D eigenvalue weighted by Crippen LogP contribution is 2.32. The molecule has 1 atom stereocenters. The van der Waals surface area contributed by atoms with Crippen LogP contribution >= 0.6 is 0 Å². The average molecular weight is 299 g/mol. The Bertz CT molecular complexity index is 765. The number of nitrogens with zero attached hydrogens (tertiary/aromatic N) is 5. The lowest BCUT2D eigenvalue weighted by molar-refractivity contribution is 0.0697. The van der Waals surface area contributed by atoms with Crippen molar-refractivity contribution in [2.24, 2.45) is 17.4 Å². The van der Waals surface area contributed by atoms with Gasteiger partial charge in [-0.3, -0.25) is 4.68 Å². The fraction of sp³-hybridized carbons (Fsp3) is 0.333. The fourth-order valence-corrected chi connectivity index (χ4v) is 2.53. The zero-order valence-corrected chi connectivity index (χ0v) is 12.7. The SMILES string of the molecule is Cc1ccc(C(=O)O)cc1N1CC(c2cnn(C)c2C)N=N1. The van der Waals surface area contributed by atoms with E-state index in [2.05, 4.69) is 15.4 Å². The van der Waals surface area contributed by atoms with Gasteiger partial charge in [0.2, 0.25) is 0 Å². The Morgan fingerprint density at radius 1 is 1.36 bits per heavy atom. The lowest BCUT2D eigenvalue weighted by Gasteiger charge is -2.16. The van der Waals surface area contributed by atoms with Gasteiger partial charge >= 0.3 is 5.97 Å². The summed E-state index contributed by atoms with van der Waals surface area (Å²) in [6, 6.07) is 4.94. The Morgan fingerprint density at radius 2 is 2.14 bits per heavy atom. The molecule has 1 aromatic heterocycles. The largest absolute Gasteiger partial charge is 0.478 e. The topological polar surface area (TPSA) is 83.1 Å². The number of aryl methyl sites for hydroxylation is 2. The molecule has 0 bridgehead atoms. The maximum Gasteiger partial charge on any atom is 0.335 e. The molecule has 0 saturated heterocycles.